The minimum Gasteiger partial charge on any atom is -0.423 e. The molecule has 0 saturated heterocycles. The number of nitrogens with one attached hydrogen (secondary N) is 1. The Labute approximate surface area is 183 Å². The van der Waals surface area contributed by atoms with Crippen LogP contribution in [0.4, 0.5) is 5.69 Å². The lowest BCUT2D eigenvalue weighted by molar-refractivity contribution is 0.102. The molecule has 0 spiro atoms. The zero-order valence-corrected chi connectivity index (χ0v) is 17.6. The smallest absolute Gasteiger partial charge is 0.256 e. The van der Waals surface area contributed by atoms with Crippen LogP contribution in [0.2, 0.25) is 0 Å². The highest BCUT2D eigenvalue weighted by atomic mass is 16.4. The van der Waals surface area contributed by atoms with Gasteiger partial charge in [0.15, 0.2) is 5.65 Å². The Balaban J connectivity index is 1.57. The standard InChI is InChI=1S/C24H20N6O2/c1-15(2)30-22-20(13-26-30)19(12-21(28-22)16-7-4-3-5-8-16)23(31)27-18-10-6-9-17(11-18)24-29-25-14-32-24/h3-15H,1-2H3,(H,27,31). The maximum atomic E-state index is 13.4. The van der Waals surface area contributed by atoms with Crippen molar-refractivity contribution in [1.29, 1.82) is 0 Å². The number of amides is 1. The highest BCUT2D eigenvalue weighted by molar-refractivity contribution is 6.12. The van der Waals surface area contributed by atoms with Gasteiger partial charge in [-0.3, -0.25) is 4.79 Å². The van der Waals surface area contributed by atoms with Gasteiger partial charge in [-0.15, -0.1) is 10.2 Å². The summed E-state index contributed by atoms with van der Waals surface area (Å²) < 4.78 is 7.09. The number of rotatable bonds is 5. The first-order chi connectivity index (χ1) is 15.6. The van der Waals surface area contributed by atoms with E-state index in [2.05, 4.69) is 20.6 Å². The zero-order chi connectivity index (χ0) is 22.1. The van der Waals surface area contributed by atoms with Crippen LogP contribution in [0.15, 0.2) is 77.7 Å². The number of carbonyl (C=O) groups excluding carboxylic acids is 1. The molecular weight excluding hydrogens is 404 g/mol. The van der Waals surface area contributed by atoms with E-state index in [0.717, 1.165) is 11.1 Å². The molecule has 1 N–H and O–H groups in total. The number of carbonyl (C=O) groups is 1. The lowest BCUT2D eigenvalue weighted by Gasteiger charge is -2.11. The maximum absolute atomic E-state index is 13.4. The van der Waals surface area contributed by atoms with Crippen LogP contribution in [0.1, 0.15) is 30.2 Å². The second kappa shape index (κ2) is 8.07. The normalized spacial score (nSPS) is 11.2. The highest BCUT2D eigenvalue weighted by Crippen LogP contribution is 2.27. The number of hydrogen-bond donors (Lipinski definition) is 1. The molecule has 3 heterocycles. The van der Waals surface area contributed by atoms with Crippen LogP contribution in [0, 0.1) is 0 Å². The Morgan fingerprint density at radius 2 is 1.84 bits per heavy atom. The number of fused-ring (bicyclic) bond motifs is 1. The average molecular weight is 424 g/mol. The van der Waals surface area contributed by atoms with Gasteiger partial charge in [0.1, 0.15) is 0 Å². The van der Waals surface area contributed by atoms with Crippen molar-refractivity contribution >= 4 is 22.6 Å². The van der Waals surface area contributed by atoms with Gasteiger partial charge in [0.2, 0.25) is 12.3 Å². The van der Waals surface area contributed by atoms with Crippen LogP contribution in [0.3, 0.4) is 0 Å². The molecular formula is C24H20N6O2. The van der Waals surface area contributed by atoms with Crippen LogP contribution in [-0.4, -0.2) is 30.9 Å². The van der Waals surface area contributed by atoms with Gasteiger partial charge in [-0.05, 0) is 38.1 Å². The second-order valence-corrected chi connectivity index (χ2v) is 7.62. The Morgan fingerprint density at radius 1 is 1.03 bits per heavy atom. The summed E-state index contributed by atoms with van der Waals surface area (Å²) in [6, 6.07) is 19.0. The van der Waals surface area contributed by atoms with Gasteiger partial charge in [0.05, 0.1) is 22.8 Å². The molecule has 0 radical (unpaired) electrons. The summed E-state index contributed by atoms with van der Waals surface area (Å²) in [5.41, 5.74) is 4.16. The van der Waals surface area contributed by atoms with Gasteiger partial charge in [-0.2, -0.15) is 5.10 Å². The van der Waals surface area contributed by atoms with Crippen molar-refractivity contribution in [3.8, 4) is 22.7 Å². The average Bonchev–Trinajstić information content (AvgIpc) is 3.49. The van der Waals surface area contributed by atoms with Gasteiger partial charge in [0.25, 0.3) is 5.91 Å². The Bertz CT molecular complexity index is 1390. The molecule has 0 bridgehead atoms. The predicted molar refractivity (Wildman–Crippen MR) is 121 cm³/mol. The third-order valence-corrected chi connectivity index (χ3v) is 5.10. The molecule has 5 aromatic rings. The minimum atomic E-state index is -0.249. The third-order valence-electron chi connectivity index (χ3n) is 5.10. The molecule has 8 heteroatoms. The third kappa shape index (κ3) is 3.62. The number of hydrogen-bond acceptors (Lipinski definition) is 6. The molecule has 0 saturated carbocycles. The van der Waals surface area contributed by atoms with E-state index in [-0.39, 0.29) is 11.9 Å². The van der Waals surface area contributed by atoms with Crippen LogP contribution in [0.25, 0.3) is 33.7 Å². The lowest BCUT2D eigenvalue weighted by atomic mass is 10.1. The predicted octanol–water partition coefficient (Wildman–Crippen LogP) is 4.98. The summed E-state index contributed by atoms with van der Waals surface area (Å²) in [5, 5.41) is 15.8. The number of pyridine rings is 1. The zero-order valence-electron chi connectivity index (χ0n) is 17.6. The molecule has 1 amide bonds. The number of anilines is 1. The van der Waals surface area contributed by atoms with Crippen molar-refractivity contribution in [2.24, 2.45) is 0 Å². The SMILES string of the molecule is CC(C)n1ncc2c(C(=O)Nc3cccc(-c4nnco4)c3)cc(-c3ccccc3)nc21. The summed E-state index contributed by atoms with van der Waals surface area (Å²) in [7, 11) is 0. The van der Waals surface area contributed by atoms with Crippen LogP contribution in [0.5, 0.6) is 0 Å². The summed E-state index contributed by atoms with van der Waals surface area (Å²) in [6.45, 7) is 4.07. The van der Waals surface area contributed by atoms with Gasteiger partial charge in [-0.1, -0.05) is 36.4 Å². The molecule has 158 valence electrons. The Morgan fingerprint density at radius 3 is 2.59 bits per heavy atom. The first-order valence-corrected chi connectivity index (χ1v) is 10.2. The van der Waals surface area contributed by atoms with Crippen molar-refractivity contribution in [3.63, 3.8) is 0 Å². The first-order valence-electron chi connectivity index (χ1n) is 10.2. The van der Waals surface area contributed by atoms with Gasteiger partial charge in [0, 0.05) is 22.9 Å². The van der Waals surface area contributed by atoms with E-state index in [9.17, 15) is 4.79 Å². The number of aromatic nitrogens is 5. The van der Waals surface area contributed by atoms with Crippen LogP contribution < -0.4 is 5.32 Å². The minimum absolute atomic E-state index is 0.105. The quantitative estimate of drug-likeness (QED) is 0.427. The summed E-state index contributed by atoms with van der Waals surface area (Å²) >= 11 is 0. The van der Waals surface area contributed by atoms with Crippen molar-refractivity contribution in [3.05, 3.63) is 78.8 Å². The van der Waals surface area contributed by atoms with Gasteiger partial charge in [-0.25, -0.2) is 9.67 Å². The van der Waals surface area contributed by atoms with E-state index in [1.807, 2.05) is 67.1 Å². The molecule has 8 nitrogen and oxygen atoms in total. The van der Waals surface area contributed by atoms with Crippen molar-refractivity contribution in [1.82, 2.24) is 25.0 Å². The molecule has 0 unspecified atom stereocenters. The number of benzene rings is 2. The van der Waals surface area contributed by atoms with Gasteiger partial charge >= 0.3 is 0 Å². The molecule has 5 rings (SSSR count). The van der Waals surface area contributed by atoms with Crippen LogP contribution in [-0.2, 0) is 0 Å². The van der Waals surface area contributed by atoms with Gasteiger partial charge < -0.3 is 9.73 Å². The molecule has 0 aliphatic heterocycles. The molecule has 3 aromatic heterocycles. The van der Waals surface area contributed by atoms with Crippen molar-refractivity contribution < 1.29 is 9.21 Å². The largest absolute Gasteiger partial charge is 0.423 e. The van der Waals surface area contributed by atoms with E-state index in [0.29, 0.717) is 33.9 Å². The summed E-state index contributed by atoms with van der Waals surface area (Å²) in [4.78, 5) is 18.2. The second-order valence-electron chi connectivity index (χ2n) is 7.62. The van der Waals surface area contributed by atoms with E-state index in [4.69, 9.17) is 9.40 Å². The molecule has 0 atom stereocenters. The molecule has 0 aliphatic carbocycles. The van der Waals surface area contributed by atoms with E-state index in [1.165, 1.54) is 6.39 Å². The van der Waals surface area contributed by atoms with E-state index >= 15 is 0 Å². The van der Waals surface area contributed by atoms with E-state index < -0.39 is 0 Å². The number of nitrogens with zero attached hydrogens (tertiary/aromatic N) is 5. The van der Waals surface area contributed by atoms with E-state index in [1.54, 1.807) is 18.3 Å². The van der Waals surface area contributed by atoms with Crippen molar-refractivity contribution in [2.75, 3.05) is 5.32 Å². The fourth-order valence-corrected chi connectivity index (χ4v) is 3.57. The fraction of sp³-hybridized carbons (Fsp3) is 0.125. The Hall–Kier alpha value is -4.33. The van der Waals surface area contributed by atoms with Crippen molar-refractivity contribution in [2.45, 2.75) is 19.9 Å². The monoisotopic (exact) mass is 424 g/mol. The topological polar surface area (TPSA) is 98.7 Å². The molecule has 2 aromatic carbocycles. The lowest BCUT2D eigenvalue weighted by Crippen LogP contribution is -2.13. The fourth-order valence-electron chi connectivity index (χ4n) is 3.57. The highest BCUT2D eigenvalue weighted by Gasteiger charge is 2.19. The molecule has 0 fully saturated rings. The molecule has 0 aliphatic rings. The maximum Gasteiger partial charge on any atom is 0.256 e. The summed E-state index contributed by atoms with van der Waals surface area (Å²) in [5.74, 6) is 0.137. The Kier molecular flexibility index (Phi) is 4.95. The summed E-state index contributed by atoms with van der Waals surface area (Å²) in [6.07, 6.45) is 2.96. The molecule has 32 heavy (non-hydrogen) atoms. The van der Waals surface area contributed by atoms with Crippen LogP contribution >= 0.6 is 0 Å². The first kappa shape index (κ1) is 19.6.